The van der Waals surface area contributed by atoms with Crippen molar-refractivity contribution in [1.82, 2.24) is 0 Å². The second kappa shape index (κ2) is 5.41. The van der Waals surface area contributed by atoms with E-state index in [0.717, 1.165) is 22.3 Å². The minimum Gasteiger partial charge on any atom is -0.398 e. The van der Waals surface area contributed by atoms with Gasteiger partial charge < -0.3 is 5.73 Å². The zero-order valence-electron chi connectivity index (χ0n) is 12.7. The van der Waals surface area contributed by atoms with Gasteiger partial charge in [-0.2, -0.15) is 0 Å². The van der Waals surface area contributed by atoms with Crippen molar-refractivity contribution in [3.63, 3.8) is 0 Å². The third kappa shape index (κ3) is 3.03. The van der Waals surface area contributed by atoms with E-state index in [1.165, 1.54) is 0 Å². The number of aryl methyl sites for hydroxylation is 3. The highest BCUT2D eigenvalue weighted by atomic mass is 32.2. The zero-order valence-corrected chi connectivity index (χ0v) is 13.5. The fourth-order valence-electron chi connectivity index (χ4n) is 2.06. The van der Waals surface area contributed by atoms with Gasteiger partial charge in [0.1, 0.15) is 0 Å². The number of benzene rings is 2. The molecular formula is C16H20N2O2S. The second-order valence-corrected chi connectivity index (χ2v) is 7.00. The first-order valence-corrected chi connectivity index (χ1v) is 8.16. The third-order valence-electron chi connectivity index (χ3n) is 3.77. The molecule has 4 nitrogen and oxygen atoms in total. The van der Waals surface area contributed by atoms with Gasteiger partial charge in [0, 0.05) is 5.69 Å². The summed E-state index contributed by atoms with van der Waals surface area (Å²) >= 11 is 0. The minimum absolute atomic E-state index is 0.254. The Bertz CT molecular complexity index is 796. The highest BCUT2D eigenvalue weighted by Crippen LogP contribution is 2.27. The molecule has 2 rings (SSSR count). The average molecular weight is 304 g/mol. The molecule has 0 amide bonds. The lowest BCUT2D eigenvalue weighted by Gasteiger charge is -2.14. The van der Waals surface area contributed by atoms with E-state index in [4.69, 9.17) is 5.73 Å². The minimum atomic E-state index is -3.61. The van der Waals surface area contributed by atoms with Crippen LogP contribution in [0.5, 0.6) is 0 Å². The van der Waals surface area contributed by atoms with Gasteiger partial charge in [0.2, 0.25) is 0 Å². The molecule has 0 bridgehead atoms. The molecule has 0 spiro atoms. The number of sulfonamides is 1. The molecule has 0 radical (unpaired) electrons. The van der Waals surface area contributed by atoms with Gasteiger partial charge in [0.15, 0.2) is 0 Å². The summed E-state index contributed by atoms with van der Waals surface area (Å²) in [6.07, 6.45) is 0. The van der Waals surface area contributed by atoms with Gasteiger partial charge >= 0.3 is 0 Å². The molecule has 0 saturated heterocycles. The highest BCUT2D eigenvalue weighted by molar-refractivity contribution is 7.92. The fraction of sp³-hybridized carbons (Fsp3) is 0.250. The van der Waals surface area contributed by atoms with Crippen LogP contribution < -0.4 is 10.5 Å². The summed E-state index contributed by atoms with van der Waals surface area (Å²) in [5.41, 5.74) is 10.7. The van der Waals surface area contributed by atoms with E-state index < -0.39 is 10.0 Å². The van der Waals surface area contributed by atoms with Gasteiger partial charge in [-0.1, -0.05) is 12.1 Å². The van der Waals surface area contributed by atoms with Crippen molar-refractivity contribution < 1.29 is 8.42 Å². The lowest BCUT2D eigenvalue weighted by molar-refractivity contribution is 0.601. The first-order valence-electron chi connectivity index (χ1n) is 6.68. The van der Waals surface area contributed by atoms with Crippen LogP contribution in [-0.2, 0) is 10.0 Å². The lowest BCUT2D eigenvalue weighted by Crippen LogP contribution is -2.14. The molecule has 3 N–H and O–H groups in total. The van der Waals surface area contributed by atoms with Gasteiger partial charge in [-0.05, 0) is 68.1 Å². The number of nitrogen functional groups attached to an aromatic ring is 1. The fourth-order valence-corrected chi connectivity index (χ4v) is 3.27. The Balaban J connectivity index is 2.42. The number of nitrogens with two attached hydrogens (primary N) is 1. The van der Waals surface area contributed by atoms with Crippen molar-refractivity contribution in [2.45, 2.75) is 32.6 Å². The number of rotatable bonds is 3. The molecule has 0 aliphatic rings. The maximum absolute atomic E-state index is 12.5. The lowest BCUT2D eigenvalue weighted by atomic mass is 10.1. The van der Waals surface area contributed by atoms with Crippen molar-refractivity contribution in [2.24, 2.45) is 0 Å². The number of nitrogens with one attached hydrogen (secondary N) is 1. The van der Waals surface area contributed by atoms with Crippen LogP contribution in [0.2, 0.25) is 0 Å². The Hall–Kier alpha value is -2.01. The summed E-state index contributed by atoms with van der Waals surface area (Å²) in [6, 6.07) is 8.63. The molecule has 2 aromatic rings. The van der Waals surface area contributed by atoms with E-state index in [-0.39, 0.29) is 4.90 Å². The molecule has 21 heavy (non-hydrogen) atoms. The van der Waals surface area contributed by atoms with E-state index in [2.05, 4.69) is 4.72 Å². The molecular weight excluding hydrogens is 284 g/mol. The standard InChI is InChI=1S/C16H20N2O2S/c1-10-5-7-14(9-12(10)3)21(19,20)18-15-8-6-11(2)16(17)13(15)4/h5-9,18H,17H2,1-4H3. The van der Waals surface area contributed by atoms with Crippen LogP contribution in [0, 0.1) is 27.7 Å². The molecule has 0 aromatic heterocycles. The quantitative estimate of drug-likeness (QED) is 0.855. The molecule has 5 heteroatoms. The molecule has 0 fully saturated rings. The monoisotopic (exact) mass is 304 g/mol. The Kier molecular flexibility index (Phi) is 3.96. The number of hydrogen-bond acceptors (Lipinski definition) is 3. The maximum Gasteiger partial charge on any atom is 0.261 e. The molecule has 0 atom stereocenters. The summed E-state index contributed by atoms with van der Waals surface area (Å²) in [5.74, 6) is 0. The smallest absolute Gasteiger partial charge is 0.261 e. The van der Waals surface area contributed by atoms with E-state index >= 15 is 0 Å². The van der Waals surface area contributed by atoms with Crippen molar-refractivity contribution in [1.29, 1.82) is 0 Å². The number of anilines is 2. The molecule has 0 unspecified atom stereocenters. The largest absolute Gasteiger partial charge is 0.398 e. The predicted octanol–water partition coefficient (Wildman–Crippen LogP) is 3.30. The zero-order chi connectivity index (χ0) is 15.8. The summed E-state index contributed by atoms with van der Waals surface area (Å²) < 4.78 is 27.5. The SMILES string of the molecule is Cc1ccc(S(=O)(=O)Nc2ccc(C)c(N)c2C)cc1C. The van der Waals surface area contributed by atoms with Crippen LogP contribution >= 0.6 is 0 Å². The van der Waals surface area contributed by atoms with Crippen LogP contribution in [0.25, 0.3) is 0 Å². The third-order valence-corrected chi connectivity index (χ3v) is 5.13. The van der Waals surface area contributed by atoms with Crippen molar-refractivity contribution in [2.75, 3.05) is 10.5 Å². The van der Waals surface area contributed by atoms with Crippen LogP contribution in [0.3, 0.4) is 0 Å². The van der Waals surface area contributed by atoms with E-state index in [1.807, 2.05) is 20.8 Å². The van der Waals surface area contributed by atoms with E-state index in [9.17, 15) is 8.42 Å². The summed E-state index contributed by atoms with van der Waals surface area (Å²) in [4.78, 5) is 0.254. The molecule has 0 aliphatic heterocycles. The van der Waals surface area contributed by atoms with Gasteiger partial charge in [0.05, 0.1) is 10.6 Å². The maximum atomic E-state index is 12.5. The van der Waals surface area contributed by atoms with Gasteiger partial charge in [-0.3, -0.25) is 4.72 Å². The summed E-state index contributed by atoms with van der Waals surface area (Å²) in [6.45, 7) is 7.54. The molecule has 0 aliphatic carbocycles. The Morgan fingerprint density at radius 2 is 1.52 bits per heavy atom. The number of hydrogen-bond donors (Lipinski definition) is 2. The summed E-state index contributed by atoms with van der Waals surface area (Å²) in [7, 11) is -3.61. The Labute approximate surface area is 126 Å². The first kappa shape index (κ1) is 15.4. The first-order chi connectivity index (χ1) is 9.72. The summed E-state index contributed by atoms with van der Waals surface area (Å²) in [5, 5.41) is 0. The average Bonchev–Trinajstić information content (AvgIpc) is 2.42. The van der Waals surface area contributed by atoms with E-state index in [0.29, 0.717) is 11.4 Å². The predicted molar refractivity (Wildman–Crippen MR) is 87.1 cm³/mol. The molecule has 112 valence electrons. The highest BCUT2D eigenvalue weighted by Gasteiger charge is 2.16. The molecule has 2 aromatic carbocycles. The van der Waals surface area contributed by atoms with Crippen LogP contribution in [-0.4, -0.2) is 8.42 Å². The molecule has 0 saturated carbocycles. The Morgan fingerprint density at radius 1 is 0.905 bits per heavy atom. The van der Waals surface area contributed by atoms with Gasteiger partial charge in [0.25, 0.3) is 10.0 Å². The topological polar surface area (TPSA) is 72.2 Å². The van der Waals surface area contributed by atoms with Gasteiger partial charge in [-0.15, -0.1) is 0 Å². The van der Waals surface area contributed by atoms with Crippen LogP contribution in [0.15, 0.2) is 35.2 Å². The Morgan fingerprint density at radius 3 is 2.14 bits per heavy atom. The van der Waals surface area contributed by atoms with Crippen molar-refractivity contribution in [3.05, 3.63) is 52.6 Å². The van der Waals surface area contributed by atoms with E-state index in [1.54, 1.807) is 37.3 Å². The van der Waals surface area contributed by atoms with Gasteiger partial charge in [-0.25, -0.2) is 8.42 Å². The molecule has 0 heterocycles. The second-order valence-electron chi connectivity index (χ2n) is 5.32. The van der Waals surface area contributed by atoms with Crippen LogP contribution in [0.4, 0.5) is 11.4 Å². The van der Waals surface area contributed by atoms with Crippen LogP contribution in [0.1, 0.15) is 22.3 Å². The van der Waals surface area contributed by atoms with Crippen molar-refractivity contribution in [3.8, 4) is 0 Å². The normalized spacial score (nSPS) is 11.4. The van der Waals surface area contributed by atoms with Crippen molar-refractivity contribution >= 4 is 21.4 Å².